The Kier molecular flexibility index (Phi) is 10.5. The molecule has 0 aliphatic heterocycles. The maximum absolute atomic E-state index is 9.51. The van der Waals surface area contributed by atoms with Crippen LogP contribution in [0.1, 0.15) is 43.0 Å². The smallest absolute Gasteiger partial charge is 0.222 e. The third-order valence-electron chi connectivity index (χ3n) is 4.54. The molecule has 1 atom stereocenters. The fraction of sp³-hybridized carbons (Fsp3) is 0.550. The van der Waals surface area contributed by atoms with Crippen molar-refractivity contribution < 1.29 is 14.6 Å². The molecular formula is C20H33N5O3S. The van der Waals surface area contributed by atoms with Crippen LogP contribution in [0.4, 0.5) is 11.8 Å². The van der Waals surface area contributed by atoms with Crippen molar-refractivity contribution in [2.24, 2.45) is 0 Å². The summed E-state index contributed by atoms with van der Waals surface area (Å²) in [5.74, 6) is 2.08. The fourth-order valence-corrected chi connectivity index (χ4v) is 3.09. The molecule has 8 nitrogen and oxygen atoms in total. The molecular weight excluding hydrogens is 390 g/mol. The predicted octanol–water partition coefficient (Wildman–Crippen LogP) is 2.78. The van der Waals surface area contributed by atoms with Gasteiger partial charge in [-0.05, 0) is 33.1 Å². The van der Waals surface area contributed by atoms with Crippen molar-refractivity contribution in [1.82, 2.24) is 15.0 Å². The Morgan fingerprint density at radius 1 is 1.24 bits per heavy atom. The molecule has 0 amide bonds. The first-order valence-corrected chi connectivity index (χ1v) is 9.61. The summed E-state index contributed by atoms with van der Waals surface area (Å²) in [4.78, 5) is 12.7. The van der Waals surface area contributed by atoms with Gasteiger partial charge in [0.05, 0.1) is 32.6 Å². The van der Waals surface area contributed by atoms with E-state index < -0.39 is 0 Å². The van der Waals surface area contributed by atoms with Crippen LogP contribution in [0.2, 0.25) is 0 Å². The minimum atomic E-state index is -0.103. The molecule has 2 aromatic rings. The van der Waals surface area contributed by atoms with Gasteiger partial charge in [0, 0.05) is 23.0 Å². The number of hydrogen-bond donors (Lipinski definition) is 3. The van der Waals surface area contributed by atoms with E-state index >= 15 is 0 Å². The molecule has 0 bridgehead atoms. The van der Waals surface area contributed by atoms with Gasteiger partial charge < -0.3 is 25.6 Å². The standard InChI is InChI=1S/C20H31N5O3.H2S/c1-5-7-15(12-26)24-19-17(11-23-20(21)25-19)28-9-6-8-16-14(3)18(27-4)13(2)10-22-16;/h10-11,15,26H,5-9,12H2,1-4H3,(H3,21,23,24,25);1H2/t15-;/m0./s1. The van der Waals surface area contributed by atoms with Crippen molar-refractivity contribution in [3.63, 3.8) is 0 Å². The molecule has 0 saturated carbocycles. The summed E-state index contributed by atoms with van der Waals surface area (Å²) in [6.45, 7) is 6.56. The Bertz CT molecular complexity index is 776. The minimum absolute atomic E-state index is 0. The Balaban J connectivity index is 0.00000420. The number of aliphatic hydroxyl groups is 1. The summed E-state index contributed by atoms with van der Waals surface area (Å²) in [7, 11) is 1.68. The van der Waals surface area contributed by atoms with Crippen molar-refractivity contribution in [3.8, 4) is 11.5 Å². The average molecular weight is 424 g/mol. The van der Waals surface area contributed by atoms with Gasteiger partial charge in [0.15, 0.2) is 11.6 Å². The highest BCUT2D eigenvalue weighted by Gasteiger charge is 2.13. The van der Waals surface area contributed by atoms with Crippen LogP contribution < -0.4 is 20.5 Å². The van der Waals surface area contributed by atoms with Crippen LogP contribution in [-0.4, -0.2) is 46.4 Å². The lowest BCUT2D eigenvalue weighted by Gasteiger charge is -2.18. The molecule has 2 rings (SSSR count). The van der Waals surface area contributed by atoms with Crippen molar-refractivity contribution >= 4 is 25.3 Å². The van der Waals surface area contributed by atoms with Crippen LogP contribution in [0.3, 0.4) is 0 Å². The number of hydrogen-bond acceptors (Lipinski definition) is 8. The van der Waals surface area contributed by atoms with E-state index in [-0.39, 0.29) is 32.1 Å². The fourth-order valence-electron chi connectivity index (χ4n) is 3.09. The van der Waals surface area contributed by atoms with E-state index in [1.54, 1.807) is 13.3 Å². The second-order valence-electron chi connectivity index (χ2n) is 6.75. The van der Waals surface area contributed by atoms with Gasteiger partial charge in [0.2, 0.25) is 5.95 Å². The van der Waals surface area contributed by atoms with Crippen LogP contribution in [-0.2, 0) is 6.42 Å². The number of rotatable bonds is 11. The number of aryl methyl sites for hydroxylation is 2. The lowest BCUT2D eigenvalue weighted by atomic mass is 10.1. The predicted molar refractivity (Wildman–Crippen MR) is 120 cm³/mol. The molecule has 0 aromatic carbocycles. The number of pyridine rings is 1. The average Bonchev–Trinajstić information content (AvgIpc) is 2.68. The molecule has 0 unspecified atom stereocenters. The highest BCUT2D eigenvalue weighted by Crippen LogP contribution is 2.26. The Morgan fingerprint density at radius 2 is 2.00 bits per heavy atom. The van der Waals surface area contributed by atoms with E-state index in [0.29, 0.717) is 18.2 Å². The SMILES string of the molecule is CCC[C@@H](CO)Nc1nc(N)ncc1OCCCc1ncc(C)c(OC)c1C.S. The lowest BCUT2D eigenvalue weighted by molar-refractivity contribution is 0.267. The van der Waals surface area contributed by atoms with E-state index in [1.165, 1.54) is 0 Å². The highest BCUT2D eigenvalue weighted by atomic mass is 32.1. The van der Waals surface area contributed by atoms with E-state index in [1.807, 2.05) is 20.0 Å². The first-order chi connectivity index (χ1) is 13.5. The van der Waals surface area contributed by atoms with Crippen molar-refractivity contribution in [2.45, 2.75) is 52.5 Å². The number of nitrogen functional groups attached to an aromatic ring is 1. The molecule has 2 aromatic heterocycles. The van der Waals surface area contributed by atoms with E-state index in [4.69, 9.17) is 15.2 Å². The zero-order valence-corrected chi connectivity index (χ0v) is 18.7. The third kappa shape index (κ3) is 6.93. The van der Waals surface area contributed by atoms with Gasteiger partial charge in [-0.1, -0.05) is 13.3 Å². The minimum Gasteiger partial charge on any atom is -0.496 e. The second-order valence-corrected chi connectivity index (χ2v) is 6.75. The normalized spacial score (nSPS) is 11.5. The van der Waals surface area contributed by atoms with Crippen molar-refractivity contribution in [3.05, 3.63) is 29.2 Å². The number of anilines is 2. The van der Waals surface area contributed by atoms with Gasteiger partial charge in [-0.25, -0.2) is 4.98 Å². The summed E-state index contributed by atoms with van der Waals surface area (Å²) in [5, 5.41) is 12.7. The molecule has 9 heteroatoms. The molecule has 0 fully saturated rings. The van der Waals surface area contributed by atoms with E-state index in [9.17, 15) is 5.11 Å². The monoisotopic (exact) mass is 423 g/mol. The quantitative estimate of drug-likeness (QED) is 0.473. The van der Waals surface area contributed by atoms with E-state index in [0.717, 1.165) is 48.3 Å². The van der Waals surface area contributed by atoms with Crippen LogP contribution in [0.25, 0.3) is 0 Å². The topological polar surface area (TPSA) is 115 Å². The molecule has 162 valence electrons. The summed E-state index contributed by atoms with van der Waals surface area (Å²) in [6.07, 6.45) is 6.71. The van der Waals surface area contributed by atoms with Crippen LogP contribution in [0, 0.1) is 13.8 Å². The zero-order valence-electron chi connectivity index (χ0n) is 17.7. The zero-order chi connectivity index (χ0) is 20.5. The van der Waals surface area contributed by atoms with Gasteiger partial charge in [-0.2, -0.15) is 18.5 Å². The van der Waals surface area contributed by atoms with Crippen molar-refractivity contribution in [1.29, 1.82) is 0 Å². The van der Waals surface area contributed by atoms with Crippen LogP contribution in [0.15, 0.2) is 12.4 Å². The lowest BCUT2D eigenvalue weighted by Crippen LogP contribution is -2.24. The third-order valence-corrected chi connectivity index (χ3v) is 4.54. The molecule has 0 aliphatic rings. The molecule has 0 radical (unpaired) electrons. The van der Waals surface area contributed by atoms with Gasteiger partial charge in [0.1, 0.15) is 5.75 Å². The number of nitrogens with one attached hydrogen (secondary N) is 1. The summed E-state index contributed by atoms with van der Waals surface area (Å²) in [6, 6.07) is -0.103. The number of nitrogens with zero attached hydrogens (tertiary/aromatic N) is 3. The molecule has 2 heterocycles. The Hall–Kier alpha value is -2.26. The van der Waals surface area contributed by atoms with Gasteiger partial charge >= 0.3 is 0 Å². The number of aromatic nitrogens is 3. The molecule has 0 aliphatic carbocycles. The number of nitrogens with two attached hydrogens (primary N) is 1. The maximum Gasteiger partial charge on any atom is 0.222 e. The first kappa shape index (κ1) is 24.8. The summed E-state index contributed by atoms with van der Waals surface area (Å²) >= 11 is 0. The van der Waals surface area contributed by atoms with Gasteiger partial charge in [0.25, 0.3) is 0 Å². The number of ether oxygens (including phenoxy) is 2. The van der Waals surface area contributed by atoms with Crippen molar-refractivity contribution in [2.75, 3.05) is 31.4 Å². The summed E-state index contributed by atoms with van der Waals surface area (Å²) < 4.78 is 11.3. The van der Waals surface area contributed by atoms with Gasteiger partial charge in [-0.15, -0.1) is 0 Å². The molecule has 0 saturated heterocycles. The second kappa shape index (κ2) is 12.3. The van der Waals surface area contributed by atoms with Crippen LogP contribution in [0.5, 0.6) is 11.5 Å². The number of methoxy groups -OCH3 is 1. The largest absolute Gasteiger partial charge is 0.496 e. The first-order valence-electron chi connectivity index (χ1n) is 9.61. The highest BCUT2D eigenvalue weighted by molar-refractivity contribution is 7.59. The number of aliphatic hydroxyl groups excluding tert-OH is 1. The molecule has 0 spiro atoms. The summed E-state index contributed by atoms with van der Waals surface area (Å²) in [5.41, 5.74) is 8.80. The van der Waals surface area contributed by atoms with E-state index in [2.05, 4.69) is 27.2 Å². The van der Waals surface area contributed by atoms with Crippen LogP contribution >= 0.6 is 13.5 Å². The Morgan fingerprint density at radius 3 is 2.66 bits per heavy atom. The van der Waals surface area contributed by atoms with Gasteiger partial charge in [-0.3, -0.25) is 4.98 Å². The Labute approximate surface area is 179 Å². The molecule has 29 heavy (non-hydrogen) atoms. The maximum atomic E-state index is 9.51. The molecule has 4 N–H and O–H groups in total.